The molecule has 0 aliphatic carbocycles. The highest BCUT2D eigenvalue weighted by atomic mass is 19.4. The number of aryl methyl sites for hydroxylation is 1. The Morgan fingerprint density at radius 3 is 2.68 bits per heavy atom. The average Bonchev–Trinajstić information content (AvgIpc) is 3.26. The molecule has 3 rings (SSSR count). The first-order chi connectivity index (χ1) is 13.2. The third-order valence-electron chi connectivity index (χ3n) is 4.75. The zero-order chi connectivity index (χ0) is 20.5. The van der Waals surface area contributed by atoms with Crippen molar-refractivity contribution in [3.63, 3.8) is 0 Å². The number of hydrogen-bond donors (Lipinski definition) is 2. The molecule has 28 heavy (non-hydrogen) atoms. The largest absolute Gasteiger partial charge is 0.433 e. The number of rotatable bonds is 6. The van der Waals surface area contributed by atoms with E-state index in [-0.39, 0.29) is 6.54 Å². The van der Waals surface area contributed by atoms with Crippen LogP contribution < -0.4 is 5.32 Å². The number of para-hydroxylation sites is 1. The summed E-state index contributed by atoms with van der Waals surface area (Å²) in [7, 11) is 0. The highest BCUT2D eigenvalue weighted by Gasteiger charge is 2.40. The fraction of sp³-hybridized carbons (Fsp3) is 0.400. The van der Waals surface area contributed by atoms with Crippen LogP contribution in [0.5, 0.6) is 0 Å². The SMILES string of the molecule is CCc1cccc2c(CCNC(=O)c3cnn(C(C)C)c3C(F)(F)F)c[nH]c12. The zero-order valence-corrected chi connectivity index (χ0v) is 16.0. The molecule has 0 bridgehead atoms. The van der Waals surface area contributed by atoms with E-state index in [9.17, 15) is 18.0 Å². The molecule has 0 aliphatic rings. The van der Waals surface area contributed by atoms with Gasteiger partial charge in [-0.3, -0.25) is 9.48 Å². The minimum Gasteiger partial charge on any atom is -0.361 e. The normalized spacial score (nSPS) is 12.1. The molecular formula is C20H23F3N4O. The van der Waals surface area contributed by atoms with Crippen molar-refractivity contribution in [3.05, 3.63) is 53.0 Å². The number of alkyl halides is 3. The van der Waals surface area contributed by atoms with Crippen LogP contribution in [0, 0.1) is 0 Å². The molecule has 0 saturated heterocycles. The molecule has 0 aliphatic heterocycles. The number of carbonyl (C=O) groups excluding carboxylic acids is 1. The molecule has 0 fully saturated rings. The Morgan fingerprint density at radius 2 is 2.04 bits per heavy atom. The summed E-state index contributed by atoms with van der Waals surface area (Å²) >= 11 is 0. The van der Waals surface area contributed by atoms with Crippen LogP contribution in [0.4, 0.5) is 13.2 Å². The molecule has 8 heteroatoms. The monoisotopic (exact) mass is 392 g/mol. The number of carbonyl (C=O) groups is 1. The molecule has 2 aromatic heterocycles. The number of H-pyrrole nitrogens is 1. The summed E-state index contributed by atoms with van der Waals surface area (Å²) in [5.41, 5.74) is 1.81. The molecule has 0 unspecified atom stereocenters. The number of nitrogens with zero attached hydrogens (tertiary/aromatic N) is 2. The van der Waals surface area contributed by atoms with E-state index in [1.807, 2.05) is 18.3 Å². The van der Waals surface area contributed by atoms with E-state index >= 15 is 0 Å². The molecule has 3 aromatic rings. The van der Waals surface area contributed by atoms with Gasteiger partial charge in [0.25, 0.3) is 5.91 Å². The molecule has 0 spiro atoms. The number of nitrogens with one attached hydrogen (secondary N) is 2. The van der Waals surface area contributed by atoms with Crippen molar-refractivity contribution in [1.82, 2.24) is 20.1 Å². The van der Waals surface area contributed by atoms with E-state index in [4.69, 9.17) is 0 Å². The predicted molar refractivity (Wildman–Crippen MR) is 101 cm³/mol. The number of aromatic amines is 1. The number of halogens is 3. The number of hydrogen-bond acceptors (Lipinski definition) is 2. The van der Waals surface area contributed by atoms with E-state index in [1.165, 1.54) is 5.56 Å². The lowest BCUT2D eigenvalue weighted by Crippen LogP contribution is -2.28. The smallest absolute Gasteiger partial charge is 0.361 e. The average molecular weight is 392 g/mol. The van der Waals surface area contributed by atoms with Crippen LogP contribution in [0.1, 0.15) is 54.0 Å². The van der Waals surface area contributed by atoms with Gasteiger partial charge < -0.3 is 10.3 Å². The maximum Gasteiger partial charge on any atom is 0.433 e. The van der Waals surface area contributed by atoms with Crippen molar-refractivity contribution in [3.8, 4) is 0 Å². The molecule has 0 saturated carbocycles. The van der Waals surface area contributed by atoms with Gasteiger partial charge in [-0.1, -0.05) is 25.1 Å². The predicted octanol–water partition coefficient (Wildman–Crippen LogP) is 4.50. The Balaban J connectivity index is 1.74. The van der Waals surface area contributed by atoms with E-state index in [1.54, 1.807) is 13.8 Å². The second kappa shape index (κ2) is 7.69. The van der Waals surface area contributed by atoms with Gasteiger partial charge in [-0.15, -0.1) is 0 Å². The van der Waals surface area contributed by atoms with Gasteiger partial charge in [-0.25, -0.2) is 0 Å². The van der Waals surface area contributed by atoms with E-state index in [2.05, 4.69) is 28.4 Å². The van der Waals surface area contributed by atoms with Crippen molar-refractivity contribution >= 4 is 16.8 Å². The summed E-state index contributed by atoms with van der Waals surface area (Å²) in [5.74, 6) is -0.770. The van der Waals surface area contributed by atoms with Crippen molar-refractivity contribution in [2.24, 2.45) is 0 Å². The molecule has 1 amide bonds. The summed E-state index contributed by atoms with van der Waals surface area (Å²) in [5, 5.41) is 7.41. The molecular weight excluding hydrogens is 369 g/mol. The Bertz CT molecular complexity index is 985. The van der Waals surface area contributed by atoms with Gasteiger partial charge in [0.1, 0.15) is 0 Å². The van der Waals surface area contributed by atoms with Crippen LogP contribution in [-0.4, -0.2) is 27.2 Å². The quantitative estimate of drug-likeness (QED) is 0.649. The fourth-order valence-corrected chi connectivity index (χ4v) is 3.39. The van der Waals surface area contributed by atoms with Gasteiger partial charge >= 0.3 is 6.18 Å². The van der Waals surface area contributed by atoms with Gasteiger partial charge in [0.15, 0.2) is 5.69 Å². The summed E-state index contributed by atoms with van der Waals surface area (Å²) in [6.45, 7) is 5.48. The summed E-state index contributed by atoms with van der Waals surface area (Å²) in [6, 6.07) is 5.52. The number of fused-ring (bicyclic) bond motifs is 1. The van der Waals surface area contributed by atoms with E-state index in [0.717, 1.165) is 33.8 Å². The Morgan fingerprint density at radius 1 is 1.29 bits per heavy atom. The van der Waals surface area contributed by atoms with Crippen molar-refractivity contribution in [1.29, 1.82) is 0 Å². The fourth-order valence-electron chi connectivity index (χ4n) is 3.39. The van der Waals surface area contributed by atoms with Crippen LogP contribution >= 0.6 is 0 Å². The lowest BCUT2D eigenvalue weighted by Gasteiger charge is -2.15. The third-order valence-corrected chi connectivity index (χ3v) is 4.75. The molecule has 5 nitrogen and oxygen atoms in total. The van der Waals surface area contributed by atoms with Crippen molar-refractivity contribution < 1.29 is 18.0 Å². The molecule has 2 N–H and O–H groups in total. The first kappa shape index (κ1) is 20.0. The molecule has 150 valence electrons. The Hall–Kier alpha value is -2.77. The second-order valence-corrected chi connectivity index (χ2v) is 6.96. The van der Waals surface area contributed by atoms with Gasteiger partial charge in [0.2, 0.25) is 0 Å². The maximum atomic E-state index is 13.4. The first-order valence-electron chi connectivity index (χ1n) is 9.24. The molecule has 0 atom stereocenters. The maximum absolute atomic E-state index is 13.4. The first-order valence-corrected chi connectivity index (χ1v) is 9.24. The second-order valence-electron chi connectivity index (χ2n) is 6.96. The van der Waals surface area contributed by atoms with E-state index < -0.39 is 29.4 Å². The Kier molecular flexibility index (Phi) is 5.49. The number of benzene rings is 1. The van der Waals surface area contributed by atoms with Crippen LogP contribution in [0.3, 0.4) is 0 Å². The molecule has 0 radical (unpaired) electrons. The van der Waals surface area contributed by atoms with Crippen LogP contribution in [-0.2, 0) is 19.0 Å². The molecule has 2 heterocycles. The molecule has 1 aromatic carbocycles. The highest BCUT2D eigenvalue weighted by molar-refractivity contribution is 5.95. The van der Waals surface area contributed by atoms with Gasteiger partial charge in [-0.05, 0) is 37.8 Å². The standard InChI is InChI=1S/C20H23F3N4O/c1-4-13-6-5-7-15-14(10-25-17(13)15)8-9-24-19(28)16-11-26-27(12(2)3)18(16)20(21,22)23/h5-7,10-12,25H,4,8-9H2,1-3H3,(H,24,28). The van der Waals surface area contributed by atoms with Gasteiger partial charge in [0.05, 0.1) is 11.8 Å². The summed E-state index contributed by atoms with van der Waals surface area (Å²) in [6.07, 6.45) is -0.376. The Labute approximate surface area is 160 Å². The van der Waals surface area contributed by atoms with Crippen LogP contribution in [0.2, 0.25) is 0 Å². The van der Waals surface area contributed by atoms with Gasteiger partial charge in [0, 0.05) is 29.7 Å². The van der Waals surface area contributed by atoms with Crippen LogP contribution in [0.15, 0.2) is 30.6 Å². The topological polar surface area (TPSA) is 62.7 Å². The lowest BCUT2D eigenvalue weighted by atomic mass is 10.1. The minimum absolute atomic E-state index is 0.228. The minimum atomic E-state index is -4.65. The van der Waals surface area contributed by atoms with Crippen molar-refractivity contribution in [2.75, 3.05) is 6.54 Å². The highest BCUT2D eigenvalue weighted by Crippen LogP contribution is 2.33. The van der Waals surface area contributed by atoms with Crippen LogP contribution in [0.25, 0.3) is 10.9 Å². The number of amides is 1. The van der Waals surface area contributed by atoms with Crippen molar-refractivity contribution in [2.45, 2.75) is 45.8 Å². The summed E-state index contributed by atoms with van der Waals surface area (Å²) < 4.78 is 41.1. The van der Waals surface area contributed by atoms with Gasteiger partial charge in [-0.2, -0.15) is 18.3 Å². The zero-order valence-electron chi connectivity index (χ0n) is 16.0. The summed E-state index contributed by atoms with van der Waals surface area (Å²) in [4.78, 5) is 15.6. The van der Waals surface area contributed by atoms with E-state index in [0.29, 0.717) is 6.42 Å². The third kappa shape index (κ3) is 3.76. The number of aromatic nitrogens is 3. The lowest BCUT2D eigenvalue weighted by molar-refractivity contribution is -0.145.